The van der Waals surface area contributed by atoms with Gasteiger partial charge in [0.1, 0.15) is 22.9 Å². The Balaban J connectivity index is 1.49. The highest BCUT2D eigenvalue weighted by Crippen LogP contribution is 2.40. The monoisotopic (exact) mass is 422 g/mol. The molecular formula is C23H26N4O2S. The van der Waals surface area contributed by atoms with Crippen LogP contribution in [0, 0.1) is 0 Å². The molecule has 2 aromatic heterocycles. The molecule has 6 nitrogen and oxygen atoms in total. The third-order valence-corrected chi connectivity index (χ3v) is 7.26. The van der Waals surface area contributed by atoms with Crippen LogP contribution in [0.15, 0.2) is 30.3 Å². The number of thiophene rings is 1. The van der Waals surface area contributed by atoms with Crippen LogP contribution in [0.5, 0.6) is 0 Å². The molecule has 1 aromatic carbocycles. The minimum absolute atomic E-state index is 0.117. The van der Waals surface area contributed by atoms with E-state index in [-0.39, 0.29) is 12.4 Å². The van der Waals surface area contributed by atoms with Crippen molar-refractivity contribution in [1.82, 2.24) is 9.97 Å². The van der Waals surface area contributed by atoms with Crippen molar-refractivity contribution in [2.45, 2.75) is 32.1 Å². The van der Waals surface area contributed by atoms with E-state index in [0.717, 1.165) is 49.7 Å². The molecule has 1 aliphatic carbocycles. The SMILES string of the molecule is COC(=O)Cc1nc(N2CCN(c3ccccc3)CC2)c2c3c(sc2n1)CCCC3. The number of hydrogen-bond donors (Lipinski definition) is 0. The molecular weight excluding hydrogens is 396 g/mol. The average molecular weight is 423 g/mol. The van der Waals surface area contributed by atoms with Gasteiger partial charge in [-0.3, -0.25) is 4.79 Å². The number of ether oxygens (including phenoxy) is 1. The fourth-order valence-corrected chi connectivity index (χ4v) is 5.78. The van der Waals surface area contributed by atoms with E-state index in [9.17, 15) is 4.79 Å². The molecule has 7 heteroatoms. The van der Waals surface area contributed by atoms with E-state index in [1.807, 2.05) is 0 Å². The van der Waals surface area contributed by atoms with Gasteiger partial charge in [-0.2, -0.15) is 0 Å². The third-order valence-electron chi connectivity index (χ3n) is 6.07. The van der Waals surface area contributed by atoms with Crippen LogP contribution < -0.4 is 9.80 Å². The number of aromatic nitrogens is 2. The molecule has 0 radical (unpaired) electrons. The van der Waals surface area contributed by atoms with Gasteiger partial charge in [-0.05, 0) is 43.4 Å². The number of methoxy groups -OCH3 is 1. The Kier molecular flexibility index (Phi) is 5.29. The van der Waals surface area contributed by atoms with Gasteiger partial charge < -0.3 is 14.5 Å². The molecule has 3 aromatic rings. The summed E-state index contributed by atoms with van der Waals surface area (Å²) >= 11 is 1.78. The molecule has 0 spiro atoms. The first kappa shape index (κ1) is 19.3. The summed E-state index contributed by atoms with van der Waals surface area (Å²) in [7, 11) is 1.41. The summed E-state index contributed by atoms with van der Waals surface area (Å²) in [5, 5.41) is 1.22. The molecule has 1 fully saturated rings. The quantitative estimate of drug-likeness (QED) is 0.599. The highest BCUT2D eigenvalue weighted by molar-refractivity contribution is 7.19. The van der Waals surface area contributed by atoms with Crippen LogP contribution in [-0.4, -0.2) is 49.2 Å². The lowest BCUT2D eigenvalue weighted by Gasteiger charge is -2.37. The summed E-state index contributed by atoms with van der Waals surface area (Å²) in [6.07, 6.45) is 4.82. The van der Waals surface area contributed by atoms with Crippen molar-refractivity contribution in [3.63, 3.8) is 0 Å². The van der Waals surface area contributed by atoms with Crippen molar-refractivity contribution in [2.75, 3.05) is 43.1 Å². The number of fused-ring (bicyclic) bond motifs is 3. The third kappa shape index (κ3) is 3.62. The number of aryl methyl sites for hydroxylation is 2. The van der Waals surface area contributed by atoms with Gasteiger partial charge in [0.25, 0.3) is 0 Å². The largest absolute Gasteiger partial charge is 0.469 e. The Bertz CT molecular complexity index is 1060. The standard InChI is InChI=1S/C23H26N4O2S/c1-29-20(28)15-19-24-22(21-17-9-5-6-10-18(17)30-23(21)25-19)27-13-11-26(12-14-27)16-7-3-2-4-8-16/h2-4,7-8H,5-6,9-15H2,1H3. The van der Waals surface area contributed by atoms with Crippen molar-refractivity contribution >= 4 is 39.0 Å². The van der Waals surface area contributed by atoms with Crippen molar-refractivity contribution in [3.8, 4) is 0 Å². The molecule has 5 rings (SSSR count). The van der Waals surface area contributed by atoms with Gasteiger partial charge in [0.2, 0.25) is 0 Å². The highest BCUT2D eigenvalue weighted by Gasteiger charge is 2.26. The Morgan fingerprint density at radius 2 is 1.77 bits per heavy atom. The van der Waals surface area contributed by atoms with Crippen molar-refractivity contribution in [2.24, 2.45) is 0 Å². The molecule has 0 saturated carbocycles. The Morgan fingerprint density at radius 3 is 2.53 bits per heavy atom. The van der Waals surface area contributed by atoms with E-state index in [1.165, 1.54) is 41.5 Å². The molecule has 1 aliphatic heterocycles. The van der Waals surface area contributed by atoms with Crippen LogP contribution in [0.4, 0.5) is 11.5 Å². The van der Waals surface area contributed by atoms with Gasteiger partial charge in [0.15, 0.2) is 0 Å². The number of nitrogens with zero attached hydrogens (tertiary/aromatic N) is 4. The number of piperazine rings is 1. The summed E-state index contributed by atoms with van der Waals surface area (Å²) in [5.41, 5.74) is 2.70. The number of esters is 1. The smallest absolute Gasteiger partial charge is 0.313 e. The first-order valence-corrected chi connectivity index (χ1v) is 11.5. The lowest BCUT2D eigenvalue weighted by Crippen LogP contribution is -2.47. The molecule has 0 N–H and O–H groups in total. The van der Waals surface area contributed by atoms with Crippen LogP contribution in [0.25, 0.3) is 10.2 Å². The van der Waals surface area contributed by atoms with Crippen LogP contribution in [-0.2, 0) is 28.8 Å². The number of para-hydroxylation sites is 1. The van der Waals surface area contributed by atoms with E-state index in [0.29, 0.717) is 5.82 Å². The summed E-state index contributed by atoms with van der Waals surface area (Å²) in [6.45, 7) is 3.72. The summed E-state index contributed by atoms with van der Waals surface area (Å²) in [6, 6.07) is 10.6. The van der Waals surface area contributed by atoms with Crippen molar-refractivity contribution in [3.05, 3.63) is 46.6 Å². The molecule has 156 valence electrons. The van der Waals surface area contributed by atoms with Gasteiger partial charge >= 0.3 is 5.97 Å². The fourth-order valence-electron chi connectivity index (χ4n) is 4.51. The maximum atomic E-state index is 11.9. The molecule has 2 aliphatic rings. The van der Waals surface area contributed by atoms with E-state index < -0.39 is 0 Å². The van der Waals surface area contributed by atoms with Crippen LogP contribution >= 0.6 is 11.3 Å². The number of hydrogen-bond acceptors (Lipinski definition) is 7. The number of carbonyl (C=O) groups is 1. The second-order valence-corrected chi connectivity index (χ2v) is 9.00. The van der Waals surface area contributed by atoms with Gasteiger partial charge in [-0.1, -0.05) is 18.2 Å². The fraction of sp³-hybridized carbons (Fsp3) is 0.435. The lowest BCUT2D eigenvalue weighted by molar-refractivity contribution is -0.139. The van der Waals surface area contributed by atoms with E-state index in [4.69, 9.17) is 14.7 Å². The van der Waals surface area contributed by atoms with E-state index >= 15 is 0 Å². The van der Waals surface area contributed by atoms with Gasteiger partial charge in [0.05, 0.1) is 12.5 Å². The molecule has 30 heavy (non-hydrogen) atoms. The number of anilines is 2. The molecule has 0 atom stereocenters. The normalized spacial score (nSPS) is 16.6. The van der Waals surface area contributed by atoms with Crippen LogP contribution in [0.2, 0.25) is 0 Å². The van der Waals surface area contributed by atoms with E-state index in [2.05, 4.69) is 40.1 Å². The second-order valence-electron chi connectivity index (χ2n) is 7.92. The zero-order chi connectivity index (χ0) is 20.5. The summed E-state index contributed by atoms with van der Waals surface area (Å²) in [5.74, 6) is 1.27. The van der Waals surface area contributed by atoms with Gasteiger partial charge in [-0.25, -0.2) is 9.97 Å². The zero-order valence-electron chi connectivity index (χ0n) is 17.3. The maximum Gasteiger partial charge on any atom is 0.313 e. The summed E-state index contributed by atoms with van der Waals surface area (Å²) < 4.78 is 4.86. The number of rotatable bonds is 4. The molecule has 0 bridgehead atoms. The Labute approximate surface area is 180 Å². The predicted octanol–water partition coefficient (Wildman–Crippen LogP) is 3.61. The van der Waals surface area contributed by atoms with Crippen LogP contribution in [0.1, 0.15) is 29.1 Å². The Morgan fingerprint density at radius 1 is 1.03 bits per heavy atom. The topological polar surface area (TPSA) is 58.6 Å². The lowest BCUT2D eigenvalue weighted by atomic mass is 9.97. The van der Waals surface area contributed by atoms with Crippen molar-refractivity contribution < 1.29 is 9.53 Å². The first-order valence-electron chi connectivity index (χ1n) is 10.7. The van der Waals surface area contributed by atoms with Crippen LogP contribution in [0.3, 0.4) is 0 Å². The minimum Gasteiger partial charge on any atom is -0.469 e. The number of benzene rings is 1. The van der Waals surface area contributed by atoms with Gasteiger partial charge in [-0.15, -0.1) is 11.3 Å². The molecule has 1 saturated heterocycles. The first-order chi connectivity index (χ1) is 14.7. The van der Waals surface area contributed by atoms with Crippen molar-refractivity contribution in [1.29, 1.82) is 0 Å². The molecule has 0 unspecified atom stereocenters. The molecule has 3 heterocycles. The number of carbonyl (C=O) groups excluding carboxylic acids is 1. The average Bonchev–Trinajstić information content (AvgIpc) is 3.17. The Hall–Kier alpha value is -2.67. The molecule has 0 amide bonds. The zero-order valence-corrected chi connectivity index (χ0v) is 18.1. The summed E-state index contributed by atoms with van der Waals surface area (Å²) in [4.78, 5) is 28.8. The second kappa shape index (κ2) is 8.22. The predicted molar refractivity (Wildman–Crippen MR) is 121 cm³/mol. The highest BCUT2D eigenvalue weighted by atomic mass is 32.1. The maximum absolute atomic E-state index is 11.9. The van der Waals surface area contributed by atoms with E-state index in [1.54, 1.807) is 11.3 Å². The minimum atomic E-state index is -0.296. The van der Waals surface area contributed by atoms with Gasteiger partial charge in [0, 0.05) is 36.7 Å².